The number of benzene rings is 1. The van der Waals surface area contributed by atoms with Gasteiger partial charge in [0.15, 0.2) is 0 Å². The van der Waals surface area contributed by atoms with E-state index in [1.807, 2.05) is 30.3 Å². The lowest BCUT2D eigenvalue weighted by Gasteiger charge is -2.19. The van der Waals surface area contributed by atoms with Gasteiger partial charge in [-0.3, -0.25) is 0 Å². The van der Waals surface area contributed by atoms with Crippen molar-refractivity contribution in [2.45, 2.75) is 43.9 Å². The van der Waals surface area contributed by atoms with Crippen molar-refractivity contribution >= 4 is 8.58 Å². The first kappa shape index (κ1) is 19.6. The van der Waals surface area contributed by atoms with E-state index in [0.29, 0.717) is 11.8 Å². The number of aromatic nitrogens is 1. The lowest BCUT2D eigenvalue weighted by atomic mass is 10.1. The molecule has 0 saturated heterocycles. The van der Waals surface area contributed by atoms with Crippen molar-refractivity contribution in [3.8, 4) is 11.5 Å². The van der Waals surface area contributed by atoms with Crippen LogP contribution >= 0.6 is 8.58 Å². The molecule has 2 aromatic rings. The molecule has 140 valence electrons. The summed E-state index contributed by atoms with van der Waals surface area (Å²) >= 11 is 0. The number of allylic oxidation sites excluding steroid dienone is 8. The Morgan fingerprint density at radius 2 is 1.56 bits per heavy atom. The SMILES string of the molecule is C1=CCC(P[C@H]2C=CC=CC2)C=C1.CC(C)c1coc(-c2ccccc2)n1. The van der Waals surface area contributed by atoms with Crippen molar-refractivity contribution in [1.29, 1.82) is 0 Å². The average Bonchev–Trinajstić information content (AvgIpc) is 3.22. The molecule has 0 saturated carbocycles. The molecule has 0 fully saturated rings. The maximum absolute atomic E-state index is 5.40. The quantitative estimate of drug-likeness (QED) is 0.542. The van der Waals surface area contributed by atoms with Gasteiger partial charge in [-0.05, 0) is 42.2 Å². The van der Waals surface area contributed by atoms with Gasteiger partial charge >= 0.3 is 0 Å². The second kappa shape index (κ2) is 10.2. The van der Waals surface area contributed by atoms with Gasteiger partial charge in [-0.2, -0.15) is 0 Å². The highest BCUT2D eigenvalue weighted by molar-refractivity contribution is 7.40. The molecular formula is C24H28NOP. The third-order valence-corrected chi connectivity index (χ3v) is 6.24. The molecular weight excluding hydrogens is 349 g/mol. The lowest BCUT2D eigenvalue weighted by molar-refractivity contribution is 0.571. The molecule has 0 amide bonds. The van der Waals surface area contributed by atoms with E-state index in [2.05, 4.69) is 67.4 Å². The minimum absolute atomic E-state index is 0.413. The minimum atomic E-state index is 0.413. The Kier molecular flexibility index (Phi) is 7.42. The fourth-order valence-corrected chi connectivity index (χ4v) is 4.49. The minimum Gasteiger partial charge on any atom is -0.444 e. The standard InChI is InChI=1S/C12H13NO.C12H15P/c1-9(2)11-8-14-12(13-11)10-6-4-3-5-7-10;1-3-7-11(8-4-1)13-12-9-5-2-6-10-12/h3-9H,1-2H3;1-7,9,11-13H,8,10H2/t;11-,12?/m.0/s1. The van der Waals surface area contributed by atoms with Crippen molar-refractivity contribution in [3.05, 3.63) is 90.9 Å². The third kappa shape index (κ3) is 6.19. The normalized spacial score (nSPS) is 21.0. The highest BCUT2D eigenvalue weighted by atomic mass is 31.1. The summed E-state index contributed by atoms with van der Waals surface area (Å²) in [4.78, 5) is 4.41. The molecule has 2 aliphatic rings. The summed E-state index contributed by atoms with van der Waals surface area (Å²) in [6.07, 6.45) is 22.1. The maximum atomic E-state index is 5.40. The maximum Gasteiger partial charge on any atom is 0.226 e. The van der Waals surface area contributed by atoms with Gasteiger partial charge in [0.05, 0.1) is 5.69 Å². The zero-order valence-corrected chi connectivity index (χ0v) is 17.1. The average molecular weight is 377 g/mol. The van der Waals surface area contributed by atoms with E-state index in [9.17, 15) is 0 Å². The van der Waals surface area contributed by atoms with Crippen LogP contribution in [0.3, 0.4) is 0 Å². The van der Waals surface area contributed by atoms with Crippen LogP contribution in [0.15, 0.2) is 89.6 Å². The molecule has 0 bridgehead atoms. The van der Waals surface area contributed by atoms with Gasteiger partial charge in [0.1, 0.15) is 6.26 Å². The summed E-state index contributed by atoms with van der Waals surface area (Å²) in [6.45, 7) is 4.21. The molecule has 27 heavy (non-hydrogen) atoms. The van der Waals surface area contributed by atoms with Crippen LogP contribution in [-0.2, 0) is 0 Å². The van der Waals surface area contributed by atoms with E-state index >= 15 is 0 Å². The third-order valence-electron chi connectivity index (χ3n) is 4.52. The molecule has 0 N–H and O–H groups in total. The van der Waals surface area contributed by atoms with E-state index in [1.54, 1.807) is 6.26 Å². The highest BCUT2D eigenvalue weighted by Gasteiger charge is 2.12. The summed E-state index contributed by atoms with van der Waals surface area (Å²) in [5.74, 6) is 1.12. The van der Waals surface area contributed by atoms with Crippen molar-refractivity contribution in [2.24, 2.45) is 0 Å². The van der Waals surface area contributed by atoms with Crippen LogP contribution < -0.4 is 0 Å². The Hall–Kier alpha value is -2.18. The number of rotatable bonds is 4. The summed E-state index contributed by atoms with van der Waals surface area (Å²) in [5.41, 5.74) is 3.63. The van der Waals surface area contributed by atoms with Gasteiger partial charge < -0.3 is 4.42 Å². The highest BCUT2D eigenvalue weighted by Crippen LogP contribution is 2.34. The van der Waals surface area contributed by atoms with Crippen molar-refractivity contribution in [3.63, 3.8) is 0 Å². The number of oxazole rings is 1. The van der Waals surface area contributed by atoms with E-state index in [4.69, 9.17) is 4.42 Å². The van der Waals surface area contributed by atoms with Crippen molar-refractivity contribution in [1.82, 2.24) is 4.98 Å². The molecule has 1 aromatic heterocycles. The van der Waals surface area contributed by atoms with Crippen LogP contribution in [0.25, 0.3) is 11.5 Å². The van der Waals surface area contributed by atoms with Crippen LogP contribution in [-0.4, -0.2) is 16.3 Å². The predicted molar refractivity (Wildman–Crippen MR) is 118 cm³/mol. The molecule has 1 heterocycles. The van der Waals surface area contributed by atoms with Crippen molar-refractivity contribution in [2.75, 3.05) is 0 Å². The molecule has 4 rings (SSSR count). The summed E-state index contributed by atoms with van der Waals surface area (Å²) in [7, 11) is 1.05. The zero-order chi connectivity index (χ0) is 18.9. The van der Waals surface area contributed by atoms with Crippen LogP contribution in [0, 0.1) is 0 Å². The zero-order valence-electron chi connectivity index (χ0n) is 16.1. The Bertz CT molecular complexity index is 786. The molecule has 2 nitrogen and oxygen atoms in total. The number of hydrogen-bond donors (Lipinski definition) is 0. The van der Waals surface area contributed by atoms with Gasteiger partial charge in [0.2, 0.25) is 5.89 Å². The molecule has 2 aliphatic carbocycles. The monoisotopic (exact) mass is 377 g/mol. The van der Waals surface area contributed by atoms with Gasteiger partial charge in [-0.15, -0.1) is 8.58 Å². The number of hydrogen-bond acceptors (Lipinski definition) is 2. The first-order chi connectivity index (χ1) is 13.2. The Labute approximate surface area is 164 Å². The molecule has 0 spiro atoms. The second-order valence-corrected chi connectivity index (χ2v) is 8.89. The Morgan fingerprint density at radius 1 is 0.926 bits per heavy atom. The molecule has 3 atom stereocenters. The predicted octanol–water partition coefficient (Wildman–Crippen LogP) is 6.90. The van der Waals surface area contributed by atoms with Gasteiger partial charge in [0.25, 0.3) is 0 Å². The Balaban J connectivity index is 0.000000156. The topological polar surface area (TPSA) is 26.0 Å². The van der Waals surface area contributed by atoms with Crippen LogP contribution in [0.1, 0.15) is 38.3 Å². The van der Waals surface area contributed by atoms with E-state index < -0.39 is 0 Å². The first-order valence-electron chi connectivity index (χ1n) is 9.66. The van der Waals surface area contributed by atoms with Gasteiger partial charge in [-0.1, -0.05) is 80.7 Å². The van der Waals surface area contributed by atoms with E-state index in [-0.39, 0.29) is 0 Å². The number of nitrogens with zero attached hydrogens (tertiary/aromatic N) is 1. The molecule has 0 radical (unpaired) electrons. The van der Waals surface area contributed by atoms with E-state index in [0.717, 1.165) is 31.2 Å². The molecule has 3 heteroatoms. The van der Waals surface area contributed by atoms with E-state index in [1.165, 1.54) is 12.8 Å². The smallest absolute Gasteiger partial charge is 0.226 e. The fraction of sp³-hybridized carbons (Fsp3) is 0.292. The van der Waals surface area contributed by atoms with Crippen LogP contribution in [0.5, 0.6) is 0 Å². The van der Waals surface area contributed by atoms with Crippen LogP contribution in [0.2, 0.25) is 0 Å². The molecule has 2 unspecified atom stereocenters. The lowest BCUT2D eigenvalue weighted by Crippen LogP contribution is -2.05. The molecule has 0 aliphatic heterocycles. The first-order valence-corrected chi connectivity index (χ1v) is 10.8. The van der Waals surface area contributed by atoms with Crippen LogP contribution in [0.4, 0.5) is 0 Å². The summed E-state index contributed by atoms with van der Waals surface area (Å²) in [6, 6.07) is 9.94. The second-order valence-electron chi connectivity index (χ2n) is 7.08. The molecule has 1 aromatic carbocycles. The van der Waals surface area contributed by atoms with Gasteiger partial charge in [-0.25, -0.2) is 4.98 Å². The summed E-state index contributed by atoms with van der Waals surface area (Å²) in [5, 5.41) is 0. The van der Waals surface area contributed by atoms with Gasteiger partial charge in [0, 0.05) is 5.56 Å². The Morgan fingerprint density at radius 3 is 2.04 bits per heavy atom. The summed E-state index contributed by atoms with van der Waals surface area (Å²) < 4.78 is 5.40. The fourth-order valence-electron chi connectivity index (χ4n) is 2.95. The van der Waals surface area contributed by atoms with Crippen molar-refractivity contribution < 1.29 is 4.42 Å². The largest absolute Gasteiger partial charge is 0.444 e.